The molecule has 0 amide bonds. The molecule has 1 aliphatic heterocycles. The predicted octanol–water partition coefficient (Wildman–Crippen LogP) is 2.80. The van der Waals surface area contributed by atoms with Gasteiger partial charge in [0.2, 0.25) is 0 Å². The number of nitrogens with one attached hydrogen (secondary N) is 1. The van der Waals surface area contributed by atoms with Crippen molar-refractivity contribution in [3.8, 4) is 0 Å². The fourth-order valence-corrected chi connectivity index (χ4v) is 3.24. The monoisotopic (exact) mass is 340 g/mol. The molecule has 5 heteroatoms. The molecular weight excluding hydrogens is 316 g/mol. The maximum absolute atomic E-state index is 12.7. The second-order valence-corrected chi connectivity index (χ2v) is 6.44. The maximum atomic E-state index is 12.7. The average molecular weight is 340 g/mol. The first kappa shape index (κ1) is 17.4. The molecule has 1 aliphatic rings. The molecule has 3 rings (SSSR count). The van der Waals surface area contributed by atoms with Crippen LogP contribution in [0, 0.1) is 6.92 Å². The summed E-state index contributed by atoms with van der Waals surface area (Å²) in [5.41, 5.74) is 2.57. The lowest BCUT2D eigenvalue weighted by Crippen LogP contribution is -2.29. The summed E-state index contributed by atoms with van der Waals surface area (Å²) in [5.74, 6) is 0. The largest absolute Gasteiger partial charge is 0.382 e. The fourth-order valence-electron chi connectivity index (χ4n) is 3.24. The first-order chi connectivity index (χ1) is 12.2. The van der Waals surface area contributed by atoms with Crippen LogP contribution in [0.3, 0.4) is 0 Å². The Morgan fingerprint density at radius 3 is 2.80 bits per heavy atom. The summed E-state index contributed by atoms with van der Waals surface area (Å²) in [7, 11) is 0. The minimum atomic E-state index is -0.235. The number of benzene rings is 1. The van der Waals surface area contributed by atoms with Crippen LogP contribution in [0.1, 0.15) is 34.5 Å². The van der Waals surface area contributed by atoms with E-state index in [1.807, 2.05) is 43.3 Å². The van der Waals surface area contributed by atoms with Gasteiger partial charge in [0.25, 0.3) is 5.56 Å². The zero-order valence-electron chi connectivity index (χ0n) is 14.5. The van der Waals surface area contributed by atoms with Gasteiger partial charge in [-0.3, -0.25) is 9.59 Å². The zero-order valence-corrected chi connectivity index (χ0v) is 14.5. The van der Waals surface area contributed by atoms with Crippen LogP contribution in [0.15, 0.2) is 41.2 Å². The molecular formula is C20H24N2O3. The number of carbonyl (C=O) groups excluding carboxylic acids is 1. The molecule has 0 bridgehead atoms. The zero-order chi connectivity index (χ0) is 17.6. The molecule has 0 saturated carbocycles. The molecule has 2 aromatic rings. The maximum Gasteiger partial charge on any atom is 0.263 e. The molecule has 0 aliphatic carbocycles. The van der Waals surface area contributed by atoms with E-state index < -0.39 is 0 Å². The number of hydrogen-bond acceptors (Lipinski definition) is 4. The Bertz CT molecular complexity index is 778. The summed E-state index contributed by atoms with van der Waals surface area (Å²) >= 11 is 0. The highest BCUT2D eigenvalue weighted by molar-refractivity contribution is 5.83. The smallest absolute Gasteiger partial charge is 0.263 e. The van der Waals surface area contributed by atoms with Crippen LogP contribution in [-0.4, -0.2) is 30.1 Å². The molecule has 2 heterocycles. The molecule has 1 fully saturated rings. The Kier molecular flexibility index (Phi) is 5.66. The second kappa shape index (κ2) is 8.12. The third-order valence-electron chi connectivity index (χ3n) is 4.67. The normalized spacial score (nSPS) is 16.8. The van der Waals surface area contributed by atoms with Crippen molar-refractivity contribution in [3.05, 3.63) is 63.6 Å². The van der Waals surface area contributed by atoms with E-state index in [4.69, 9.17) is 4.74 Å². The summed E-state index contributed by atoms with van der Waals surface area (Å²) in [4.78, 5) is 24.2. The Morgan fingerprint density at radius 2 is 2.12 bits per heavy atom. The van der Waals surface area contributed by atoms with Crippen molar-refractivity contribution in [3.63, 3.8) is 0 Å². The molecule has 1 aromatic heterocycles. The van der Waals surface area contributed by atoms with Gasteiger partial charge >= 0.3 is 0 Å². The number of anilines is 1. The van der Waals surface area contributed by atoms with Crippen LogP contribution in [0.5, 0.6) is 0 Å². The van der Waals surface area contributed by atoms with E-state index >= 15 is 0 Å². The number of nitrogens with zero attached hydrogens (tertiary/aromatic N) is 1. The molecule has 1 atom stereocenters. The van der Waals surface area contributed by atoms with E-state index in [1.165, 1.54) is 5.56 Å². The van der Waals surface area contributed by atoms with Crippen LogP contribution in [0.4, 0.5) is 5.69 Å². The second-order valence-electron chi connectivity index (χ2n) is 6.44. The molecule has 132 valence electrons. The van der Waals surface area contributed by atoms with Crippen molar-refractivity contribution in [1.29, 1.82) is 0 Å². The van der Waals surface area contributed by atoms with Gasteiger partial charge in [-0.1, -0.05) is 30.3 Å². The Labute approximate surface area is 147 Å². The molecule has 1 aromatic carbocycles. The van der Waals surface area contributed by atoms with Crippen molar-refractivity contribution in [2.24, 2.45) is 0 Å². The van der Waals surface area contributed by atoms with Crippen LogP contribution in [0.25, 0.3) is 0 Å². The predicted molar refractivity (Wildman–Crippen MR) is 98.4 cm³/mol. The van der Waals surface area contributed by atoms with Crippen LogP contribution >= 0.6 is 0 Å². The first-order valence-corrected chi connectivity index (χ1v) is 8.78. The van der Waals surface area contributed by atoms with Crippen molar-refractivity contribution in [1.82, 2.24) is 4.57 Å². The number of aldehydes is 1. The Balaban J connectivity index is 1.77. The van der Waals surface area contributed by atoms with Crippen LogP contribution in [0.2, 0.25) is 0 Å². The summed E-state index contributed by atoms with van der Waals surface area (Å²) in [6.07, 6.45) is 3.63. The summed E-state index contributed by atoms with van der Waals surface area (Å²) in [6.45, 7) is 3.86. The summed E-state index contributed by atoms with van der Waals surface area (Å²) < 4.78 is 7.26. The minimum absolute atomic E-state index is 0.153. The lowest BCUT2D eigenvalue weighted by Gasteiger charge is -2.17. The fraction of sp³-hybridized carbons (Fsp3) is 0.400. The van der Waals surface area contributed by atoms with Crippen LogP contribution < -0.4 is 10.9 Å². The number of pyridine rings is 1. The molecule has 5 nitrogen and oxygen atoms in total. The third-order valence-corrected chi connectivity index (χ3v) is 4.67. The number of aryl methyl sites for hydroxylation is 2. The van der Waals surface area contributed by atoms with Crippen molar-refractivity contribution < 1.29 is 9.53 Å². The topological polar surface area (TPSA) is 60.3 Å². The number of carbonyl (C=O) groups is 1. The Morgan fingerprint density at radius 1 is 1.32 bits per heavy atom. The Hall–Kier alpha value is -2.40. The summed E-state index contributed by atoms with van der Waals surface area (Å²) in [5, 5.41) is 3.22. The number of rotatable bonds is 7. The molecule has 1 saturated heterocycles. The standard InChI is InChI=1S/C20H24N2O3/c1-15-12-19(21-13-17-8-5-11-25-17)18(14-23)20(24)22(15)10-9-16-6-3-2-4-7-16/h2-4,6-7,12,14,17,21H,5,8-11,13H2,1H3/t17-/m1/s1. The van der Waals surface area contributed by atoms with E-state index in [2.05, 4.69) is 5.32 Å². The van der Waals surface area contributed by atoms with E-state index in [0.717, 1.165) is 31.6 Å². The van der Waals surface area contributed by atoms with Gasteiger partial charge in [-0.05, 0) is 37.8 Å². The number of aromatic nitrogens is 1. The highest BCUT2D eigenvalue weighted by atomic mass is 16.5. The van der Waals surface area contributed by atoms with Gasteiger partial charge in [0, 0.05) is 25.4 Å². The third kappa shape index (κ3) is 4.17. The lowest BCUT2D eigenvalue weighted by molar-refractivity contribution is 0.112. The summed E-state index contributed by atoms with van der Waals surface area (Å²) in [6, 6.07) is 11.9. The molecule has 25 heavy (non-hydrogen) atoms. The lowest BCUT2D eigenvalue weighted by atomic mass is 10.1. The number of ether oxygens (including phenoxy) is 1. The van der Waals surface area contributed by atoms with Gasteiger partial charge < -0.3 is 14.6 Å². The van der Waals surface area contributed by atoms with Crippen LogP contribution in [-0.2, 0) is 17.7 Å². The van der Waals surface area contributed by atoms with Crippen molar-refractivity contribution >= 4 is 12.0 Å². The van der Waals surface area contributed by atoms with Gasteiger partial charge in [-0.2, -0.15) is 0 Å². The van der Waals surface area contributed by atoms with Crippen molar-refractivity contribution in [2.75, 3.05) is 18.5 Å². The van der Waals surface area contributed by atoms with Gasteiger partial charge in [0.15, 0.2) is 6.29 Å². The van der Waals surface area contributed by atoms with Gasteiger partial charge in [0.1, 0.15) is 5.56 Å². The first-order valence-electron chi connectivity index (χ1n) is 8.78. The minimum Gasteiger partial charge on any atom is -0.382 e. The SMILES string of the molecule is Cc1cc(NC[C@H]2CCCO2)c(C=O)c(=O)n1CCc1ccccc1. The highest BCUT2D eigenvalue weighted by Crippen LogP contribution is 2.16. The molecule has 0 spiro atoms. The van der Waals surface area contributed by atoms with E-state index in [0.29, 0.717) is 25.1 Å². The average Bonchev–Trinajstić information content (AvgIpc) is 3.14. The van der Waals surface area contributed by atoms with Gasteiger partial charge in [0.05, 0.1) is 11.8 Å². The molecule has 0 unspecified atom stereocenters. The molecule has 1 N–H and O–H groups in total. The van der Waals surface area contributed by atoms with E-state index in [9.17, 15) is 9.59 Å². The highest BCUT2D eigenvalue weighted by Gasteiger charge is 2.17. The van der Waals surface area contributed by atoms with Gasteiger partial charge in [-0.25, -0.2) is 0 Å². The van der Waals surface area contributed by atoms with Gasteiger partial charge in [-0.15, -0.1) is 0 Å². The van der Waals surface area contributed by atoms with Crippen molar-refractivity contribution in [2.45, 2.75) is 38.8 Å². The quantitative estimate of drug-likeness (QED) is 0.788. The number of hydrogen-bond donors (Lipinski definition) is 1. The molecule has 0 radical (unpaired) electrons. The van der Waals surface area contributed by atoms with E-state index in [-0.39, 0.29) is 17.2 Å². The van der Waals surface area contributed by atoms with E-state index in [1.54, 1.807) is 4.57 Å².